The van der Waals surface area contributed by atoms with Crippen LogP contribution in [0.2, 0.25) is 0 Å². The van der Waals surface area contributed by atoms with Crippen LogP contribution in [0, 0.1) is 5.41 Å². The molecule has 0 bridgehead atoms. The third-order valence-electron chi connectivity index (χ3n) is 3.68. The molecule has 9 heteroatoms. The second kappa shape index (κ2) is 6.89. The predicted molar refractivity (Wildman–Crippen MR) is 81.8 cm³/mol. The normalized spacial score (nSPS) is 12.6. The summed E-state index contributed by atoms with van der Waals surface area (Å²) in [5.41, 5.74) is -4.76. The van der Waals surface area contributed by atoms with Crippen LogP contribution in [-0.4, -0.2) is 18.3 Å². The van der Waals surface area contributed by atoms with Gasteiger partial charge < -0.3 is 10.1 Å². The molecule has 0 aliphatic rings. The number of nitrogens with one attached hydrogen (secondary N) is 1. The minimum atomic E-state index is -5.80. The lowest BCUT2D eigenvalue weighted by molar-refractivity contribution is -0.317. The first kappa shape index (κ1) is 19.6. The van der Waals surface area contributed by atoms with Gasteiger partial charge in [0.25, 0.3) is 0 Å². The summed E-state index contributed by atoms with van der Waals surface area (Å²) >= 11 is 0. The maximum atomic E-state index is 12.9. The fourth-order valence-electron chi connectivity index (χ4n) is 1.91. The van der Waals surface area contributed by atoms with Crippen LogP contribution < -0.4 is 10.1 Å². The first-order valence-electron chi connectivity index (χ1n) is 7.23. The zero-order chi connectivity index (χ0) is 19.6. The van der Waals surface area contributed by atoms with Crippen LogP contribution in [0.25, 0.3) is 0 Å². The number of halogens is 6. The smallest absolute Gasteiger partial charge is 0.411 e. The van der Waals surface area contributed by atoms with E-state index in [0.717, 1.165) is 12.1 Å². The van der Waals surface area contributed by atoms with Crippen LogP contribution in [0.5, 0.6) is 11.5 Å². The van der Waals surface area contributed by atoms with Crippen molar-refractivity contribution in [1.82, 2.24) is 0 Å². The van der Waals surface area contributed by atoms with E-state index in [9.17, 15) is 31.1 Å². The highest BCUT2D eigenvalue weighted by atomic mass is 19.4. The van der Waals surface area contributed by atoms with E-state index in [1.807, 2.05) is 0 Å². The van der Waals surface area contributed by atoms with Crippen molar-refractivity contribution in [2.75, 3.05) is 5.32 Å². The number of ether oxygens (including phenoxy) is 1. The van der Waals surface area contributed by atoms with Crippen LogP contribution in [0.15, 0.2) is 54.6 Å². The number of alkyl halides is 6. The van der Waals surface area contributed by atoms with Crippen molar-refractivity contribution in [3.8, 4) is 11.5 Å². The van der Waals surface area contributed by atoms with Gasteiger partial charge in [0.2, 0.25) is 11.3 Å². The maximum Gasteiger partial charge on any atom is 0.411 e. The molecular weight excluding hydrogens is 364 g/mol. The summed E-state index contributed by atoms with van der Waals surface area (Å²) in [7, 11) is 0. The monoisotopic (exact) mass is 377 g/mol. The second-order valence-corrected chi connectivity index (χ2v) is 5.51. The molecular formula is C17H13F6NO2. The van der Waals surface area contributed by atoms with Crippen molar-refractivity contribution in [2.45, 2.75) is 19.3 Å². The Hall–Kier alpha value is -2.71. The summed E-state index contributed by atoms with van der Waals surface area (Å²) in [5, 5.41) is 1.65. The lowest BCUT2D eigenvalue weighted by Gasteiger charge is -2.32. The largest absolute Gasteiger partial charge is 0.457 e. The summed E-state index contributed by atoms with van der Waals surface area (Å²) in [6.45, 7) is -0.199. The Bertz CT molecular complexity index is 740. The Balaban J connectivity index is 2.16. The van der Waals surface area contributed by atoms with Crippen LogP contribution in [0.4, 0.5) is 32.0 Å². The molecule has 3 nitrogen and oxygen atoms in total. The van der Waals surface area contributed by atoms with Gasteiger partial charge in [0.05, 0.1) is 0 Å². The second-order valence-electron chi connectivity index (χ2n) is 5.51. The Kier molecular flexibility index (Phi) is 5.20. The van der Waals surface area contributed by atoms with Crippen LogP contribution in [0.1, 0.15) is 6.92 Å². The van der Waals surface area contributed by atoms with E-state index in [1.54, 1.807) is 35.6 Å². The molecule has 0 unspecified atom stereocenters. The van der Waals surface area contributed by atoms with Crippen molar-refractivity contribution in [3.63, 3.8) is 0 Å². The van der Waals surface area contributed by atoms with E-state index in [-0.39, 0.29) is 12.6 Å². The molecule has 2 rings (SSSR count). The lowest BCUT2D eigenvalue weighted by atomic mass is 9.87. The number of anilines is 1. The van der Waals surface area contributed by atoms with E-state index < -0.39 is 23.7 Å². The van der Waals surface area contributed by atoms with Crippen LogP contribution in [0.3, 0.4) is 0 Å². The first-order chi connectivity index (χ1) is 11.9. The van der Waals surface area contributed by atoms with Gasteiger partial charge in [0.1, 0.15) is 11.5 Å². The Morgan fingerprint density at radius 3 is 1.73 bits per heavy atom. The van der Waals surface area contributed by atoms with Gasteiger partial charge in [-0.3, -0.25) is 4.79 Å². The van der Waals surface area contributed by atoms with Gasteiger partial charge in [-0.15, -0.1) is 0 Å². The van der Waals surface area contributed by atoms with Gasteiger partial charge in [-0.25, -0.2) is 0 Å². The third-order valence-corrected chi connectivity index (χ3v) is 3.68. The molecule has 26 heavy (non-hydrogen) atoms. The number of carbonyl (C=O) groups excluding carboxylic acids is 1. The minimum Gasteiger partial charge on any atom is -0.457 e. The highest BCUT2D eigenvalue weighted by molar-refractivity contribution is 5.96. The van der Waals surface area contributed by atoms with Crippen LogP contribution in [-0.2, 0) is 4.79 Å². The summed E-state index contributed by atoms with van der Waals surface area (Å²) in [6.07, 6.45) is -11.6. The topological polar surface area (TPSA) is 38.3 Å². The number of carbonyl (C=O) groups is 1. The number of amides is 1. The highest BCUT2D eigenvalue weighted by Crippen LogP contribution is 2.50. The Labute approximate surface area is 144 Å². The molecule has 0 spiro atoms. The molecule has 1 amide bonds. The molecule has 2 aromatic carbocycles. The summed E-state index contributed by atoms with van der Waals surface area (Å²) in [4.78, 5) is 11.7. The molecule has 1 N–H and O–H groups in total. The van der Waals surface area contributed by atoms with Crippen molar-refractivity contribution in [2.24, 2.45) is 5.41 Å². The molecule has 0 fully saturated rings. The summed E-state index contributed by atoms with van der Waals surface area (Å²) < 4.78 is 82.6. The molecule has 0 radical (unpaired) electrons. The molecule has 140 valence electrons. The highest BCUT2D eigenvalue weighted by Gasteiger charge is 2.72. The number of hydrogen-bond acceptors (Lipinski definition) is 2. The SMILES string of the molecule is CC(C(=O)Nc1ccc(Oc2ccccc2)cc1)(C(F)(F)F)C(F)(F)F. The summed E-state index contributed by atoms with van der Waals surface area (Å²) in [6, 6.07) is 13.4. The number of rotatable bonds is 4. The van der Waals surface area contributed by atoms with Gasteiger partial charge in [-0.2, -0.15) is 26.3 Å². The fraction of sp³-hybridized carbons (Fsp3) is 0.235. The zero-order valence-corrected chi connectivity index (χ0v) is 13.3. The summed E-state index contributed by atoms with van der Waals surface area (Å²) in [5.74, 6) is -1.43. The molecule has 0 heterocycles. The van der Waals surface area contributed by atoms with E-state index in [0.29, 0.717) is 11.5 Å². The average Bonchev–Trinajstić information content (AvgIpc) is 2.54. The Morgan fingerprint density at radius 1 is 0.808 bits per heavy atom. The fourth-order valence-corrected chi connectivity index (χ4v) is 1.91. The van der Waals surface area contributed by atoms with E-state index in [4.69, 9.17) is 4.74 Å². The van der Waals surface area contributed by atoms with Gasteiger partial charge in [-0.1, -0.05) is 18.2 Å². The average molecular weight is 377 g/mol. The van der Waals surface area contributed by atoms with Gasteiger partial charge >= 0.3 is 12.4 Å². The zero-order valence-electron chi connectivity index (χ0n) is 13.3. The van der Waals surface area contributed by atoms with Crippen molar-refractivity contribution < 1.29 is 35.9 Å². The number of para-hydroxylation sites is 1. The third kappa shape index (κ3) is 3.92. The van der Waals surface area contributed by atoms with Crippen LogP contribution >= 0.6 is 0 Å². The molecule has 2 aromatic rings. The van der Waals surface area contributed by atoms with Crippen molar-refractivity contribution in [3.05, 3.63) is 54.6 Å². The lowest BCUT2D eigenvalue weighted by Crippen LogP contribution is -2.55. The standard InChI is InChI=1S/C17H13F6NO2/c1-15(16(18,19)20,17(21,22)23)14(25)24-11-7-9-13(10-8-11)26-12-5-3-2-4-6-12/h2-10H,1H3,(H,24,25). The number of benzene rings is 2. The molecule has 0 aliphatic heterocycles. The van der Waals surface area contributed by atoms with Gasteiger partial charge in [0.15, 0.2) is 0 Å². The van der Waals surface area contributed by atoms with E-state index >= 15 is 0 Å². The van der Waals surface area contributed by atoms with Gasteiger partial charge in [-0.05, 0) is 43.3 Å². The molecule has 0 aromatic heterocycles. The minimum absolute atomic E-state index is 0.199. The first-order valence-corrected chi connectivity index (χ1v) is 7.23. The van der Waals surface area contributed by atoms with E-state index in [2.05, 4.69) is 0 Å². The predicted octanol–water partition coefficient (Wildman–Crippen LogP) is 5.55. The molecule has 0 aliphatic carbocycles. The van der Waals surface area contributed by atoms with Gasteiger partial charge in [0, 0.05) is 5.69 Å². The maximum absolute atomic E-state index is 12.9. The quantitative estimate of drug-likeness (QED) is 0.710. The molecule has 0 atom stereocenters. The molecule has 0 saturated heterocycles. The van der Waals surface area contributed by atoms with E-state index in [1.165, 1.54) is 12.1 Å². The Morgan fingerprint density at radius 2 is 1.27 bits per heavy atom. The van der Waals surface area contributed by atoms with Crippen molar-refractivity contribution in [1.29, 1.82) is 0 Å². The number of hydrogen-bond donors (Lipinski definition) is 1. The van der Waals surface area contributed by atoms with Crippen molar-refractivity contribution >= 4 is 11.6 Å². The molecule has 0 saturated carbocycles.